The van der Waals surface area contributed by atoms with Crippen molar-refractivity contribution in [1.82, 2.24) is 0 Å². The van der Waals surface area contributed by atoms with Gasteiger partial charge in [-0.25, -0.2) is 4.79 Å². The van der Waals surface area contributed by atoms with Crippen molar-refractivity contribution in [3.05, 3.63) is 23.8 Å². The normalized spacial score (nSPS) is 11.2. The van der Waals surface area contributed by atoms with Gasteiger partial charge in [-0.05, 0) is 18.2 Å². The number of nitrogen functional groups attached to an aromatic ring is 1. The van der Waals surface area contributed by atoms with E-state index in [9.17, 15) is 18.0 Å². The lowest BCUT2D eigenvalue weighted by Crippen LogP contribution is -2.19. The molecule has 0 aromatic heterocycles. The molecule has 1 rings (SSSR count). The molecular formula is C11H12F3NO4. The van der Waals surface area contributed by atoms with Crippen molar-refractivity contribution in [2.24, 2.45) is 0 Å². The molecule has 0 aliphatic heterocycles. The van der Waals surface area contributed by atoms with Crippen LogP contribution in [0.25, 0.3) is 0 Å². The number of nitrogens with two attached hydrogens (primary N) is 1. The number of hydrogen-bond acceptors (Lipinski definition) is 5. The fourth-order valence-electron chi connectivity index (χ4n) is 1.19. The van der Waals surface area contributed by atoms with Crippen molar-refractivity contribution in [2.75, 3.05) is 26.2 Å². The highest BCUT2D eigenvalue weighted by atomic mass is 19.4. The molecular weight excluding hydrogens is 267 g/mol. The summed E-state index contributed by atoms with van der Waals surface area (Å²) in [5.74, 6) is -0.457. The molecule has 0 aliphatic carbocycles. The summed E-state index contributed by atoms with van der Waals surface area (Å²) in [4.78, 5) is 11.2. The molecule has 8 heteroatoms. The minimum Gasteiger partial charge on any atom is -0.465 e. The molecule has 19 heavy (non-hydrogen) atoms. The van der Waals surface area contributed by atoms with E-state index in [1.165, 1.54) is 25.3 Å². The van der Waals surface area contributed by atoms with Gasteiger partial charge in [-0.1, -0.05) is 0 Å². The lowest BCUT2D eigenvalue weighted by Gasteiger charge is -2.11. The Morgan fingerprint density at radius 3 is 2.58 bits per heavy atom. The first-order chi connectivity index (χ1) is 8.83. The number of methoxy groups -OCH3 is 1. The van der Waals surface area contributed by atoms with Gasteiger partial charge < -0.3 is 19.9 Å². The Kier molecular flexibility index (Phi) is 4.99. The van der Waals surface area contributed by atoms with Crippen LogP contribution in [0.1, 0.15) is 10.4 Å². The van der Waals surface area contributed by atoms with E-state index in [0.717, 1.165) is 0 Å². The van der Waals surface area contributed by atoms with Crippen molar-refractivity contribution >= 4 is 11.7 Å². The number of esters is 1. The van der Waals surface area contributed by atoms with Crippen LogP contribution >= 0.6 is 0 Å². The van der Waals surface area contributed by atoms with Gasteiger partial charge in [0.25, 0.3) is 0 Å². The summed E-state index contributed by atoms with van der Waals surface area (Å²) in [6.45, 7) is -2.01. The quantitative estimate of drug-likeness (QED) is 0.386. The second-order valence-electron chi connectivity index (χ2n) is 3.47. The molecule has 0 saturated heterocycles. The Morgan fingerprint density at radius 2 is 2.05 bits per heavy atom. The van der Waals surface area contributed by atoms with Gasteiger partial charge in [0.15, 0.2) is 6.79 Å². The number of hydrogen-bond donors (Lipinski definition) is 1. The van der Waals surface area contributed by atoms with E-state index in [4.69, 9.17) is 10.5 Å². The molecule has 0 heterocycles. The largest absolute Gasteiger partial charge is 0.465 e. The lowest BCUT2D eigenvalue weighted by atomic mass is 10.2. The van der Waals surface area contributed by atoms with E-state index in [2.05, 4.69) is 9.47 Å². The van der Waals surface area contributed by atoms with Crippen LogP contribution in [-0.4, -0.2) is 32.7 Å². The fourth-order valence-corrected chi connectivity index (χ4v) is 1.19. The summed E-state index contributed by atoms with van der Waals surface area (Å²) in [5, 5.41) is 0. The number of benzene rings is 1. The van der Waals surface area contributed by atoms with Crippen LogP contribution in [0.3, 0.4) is 0 Å². The van der Waals surface area contributed by atoms with E-state index in [0.29, 0.717) is 0 Å². The van der Waals surface area contributed by atoms with Crippen LogP contribution in [-0.2, 0) is 9.47 Å². The first-order valence-corrected chi connectivity index (χ1v) is 5.08. The number of ether oxygens (including phenoxy) is 3. The van der Waals surface area contributed by atoms with Crippen LogP contribution in [0.5, 0.6) is 5.75 Å². The Bertz CT molecular complexity index is 448. The summed E-state index contributed by atoms with van der Waals surface area (Å²) in [6, 6.07) is 4.02. The fraction of sp³-hybridized carbons (Fsp3) is 0.364. The maximum Gasteiger partial charge on any atom is 0.411 e. The minimum atomic E-state index is -4.41. The summed E-state index contributed by atoms with van der Waals surface area (Å²) >= 11 is 0. The van der Waals surface area contributed by atoms with Gasteiger partial charge in [-0.15, -0.1) is 0 Å². The monoisotopic (exact) mass is 279 g/mol. The third-order valence-electron chi connectivity index (χ3n) is 1.99. The molecule has 0 radical (unpaired) electrons. The average Bonchev–Trinajstić information content (AvgIpc) is 2.33. The minimum absolute atomic E-state index is 0.0958. The molecule has 0 aliphatic rings. The second kappa shape index (κ2) is 6.28. The molecule has 0 amide bonds. The van der Waals surface area contributed by atoms with Gasteiger partial charge in [0.2, 0.25) is 0 Å². The summed E-state index contributed by atoms with van der Waals surface area (Å²) < 4.78 is 49.0. The van der Waals surface area contributed by atoms with E-state index in [1.807, 2.05) is 0 Å². The number of anilines is 1. The van der Waals surface area contributed by atoms with Crippen molar-refractivity contribution in [1.29, 1.82) is 0 Å². The highest BCUT2D eigenvalue weighted by Crippen LogP contribution is 2.23. The van der Waals surface area contributed by atoms with Crippen LogP contribution in [0.2, 0.25) is 0 Å². The van der Waals surface area contributed by atoms with Gasteiger partial charge in [-0.3, -0.25) is 0 Å². The summed E-state index contributed by atoms with van der Waals surface area (Å²) in [6.07, 6.45) is -4.41. The standard InChI is InChI=1S/C11H12F3NO4/c1-17-10(16)7-2-3-9(8(15)4-7)19-6-18-5-11(12,13)14/h2-4H,5-6,15H2,1H3. The third-order valence-corrected chi connectivity index (χ3v) is 1.99. The number of rotatable bonds is 5. The molecule has 0 spiro atoms. The van der Waals surface area contributed by atoms with E-state index in [-0.39, 0.29) is 17.0 Å². The Hall–Kier alpha value is -1.96. The first-order valence-electron chi connectivity index (χ1n) is 5.08. The highest BCUT2D eigenvalue weighted by Gasteiger charge is 2.27. The Balaban J connectivity index is 2.54. The Morgan fingerprint density at radius 1 is 1.37 bits per heavy atom. The number of carbonyl (C=O) groups excluding carboxylic acids is 1. The predicted octanol–water partition coefficient (Wildman–Crippen LogP) is 1.97. The third kappa shape index (κ3) is 5.04. The predicted molar refractivity (Wildman–Crippen MR) is 59.7 cm³/mol. The maximum atomic E-state index is 11.8. The summed E-state index contributed by atoms with van der Waals surface area (Å²) in [7, 11) is 1.22. The molecule has 0 unspecified atom stereocenters. The average molecular weight is 279 g/mol. The van der Waals surface area contributed by atoms with Crippen molar-refractivity contribution in [3.63, 3.8) is 0 Å². The molecule has 1 aromatic carbocycles. The first kappa shape index (κ1) is 15.1. The van der Waals surface area contributed by atoms with E-state index < -0.39 is 25.5 Å². The smallest absolute Gasteiger partial charge is 0.411 e. The zero-order chi connectivity index (χ0) is 14.5. The summed E-state index contributed by atoms with van der Waals surface area (Å²) in [5.41, 5.74) is 5.88. The number of halogens is 3. The van der Waals surface area contributed by atoms with Crippen LogP contribution in [0, 0.1) is 0 Å². The molecule has 5 nitrogen and oxygen atoms in total. The zero-order valence-electron chi connectivity index (χ0n) is 9.99. The number of carbonyl (C=O) groups is 1. The number of alkyl halides is 3. The molecule has 1 aromatic rings. The van der Waals surface area contributed by atoms with Crippen LogP contribution in [0.4, 0.5) is 18.9 Å². The van der Waals surface area contributed by atoms with Gasteiger partial charge in [0.1, 0.15) is 12.4 Å². The molecule has 0 bridgehead atoms. The van der Waals surface area contributed by atoms with Gasteiger partial charge in [-0.2, -0.15) is 13.2 Å². The van der Waals surface area contributed by atoms with E-state index >= 15 is 0 Å². The van der Waals surface area contributed by atoms with Crippen LogP contribution in [0.15, 0.2) is 18.2 Å². The molecule has 106 valence electrons. The van der Waals surface area contributed by atoms with E-state index in [1.54, 1.807) is 0 Å². The molecule has 0 saturated carbocycles. The van der Waals surface area contributed by atoms with Crippen molar-refractivity contribution < 1.29 is 32.2 Å². The SMILES string of the molecule is COC(=O)c1ccc(OCOCC(F)(F)F)c(N)c1. The van der Waals surface area contributed by atoms with Gasteiger partial charge >= 0.3 is 12.1 Å². The maximum absolute atomic E-state index is 11.8. The molecule has 0 atom stereocenters. The van der Waals surface area contributed by atoms with Crippen molar-refractivity contribution in [3.8, 4) is 5.75 Å². The van der Waals surface area contributed by atoms with Crippen molar-refractivity contribution in [2.45, 2.75) is 6.18 Å². The van der Waals surface area contributed by atoms with Gasteiger partial charge in [0.05, 0.1) is 18.4 Å². The second-order valence-corrected chi connectivity index (χ2v) is 3.47. The van der Waals surface area contributed by atoms with Gasteiger partial charge in [0, 0.05) is 0 Å². The van der Waals surface area contributed by atoms with Crippen LogP contribution < -0.4 is 10.5 Å². The topological polar surface area (TPSA) is 70.8 Å². The molecule has 2 N–H and O–H groups in total. The lowest BCUT2D eigenvalue weighted by molar-refractivity contribution is -0.186. The zero-order valence-corrected chi connectivity index (χ0v) is 9.99. The Labute approximate surface area is 107 Å². The molecule has 0 fully saturated rings. The highest BCUT2D eigenvalue weighted by molar-refractivity contribution is 5.90.